The zero-order valence-electron chi connectivity index (χ0n) is 17.1. The van der Waals surface area contributed by atoms with Gasteiger partial charge >= 0.3 is 5.97 Å². The third kappa shape index (κ3) is 7.81. The van der Waals surface area contributed by atoms with Crippen LogP contribution in [-0.4, -0.2) is 43.5 Å². The number of fused-ring (bicyclic) bond motifs is 1. The van der Waals surface area contributed by atoms with E-state index in [4.69, 9.17) is 16.2 Å². The average Bonchev–Trinajstić information content (AvgIpc) is 2.75. The molecule has 1 unspecified atom stereocenters. The predicted octanol–water partition coefficient (Wildman–Crippen LogP) is 1.21. The molecule has 6 N–H and O–H groups in total. The number of benzene rings is 2. The van der Waals surface area contributed by atoms with Gasteiger partial charge in [-0.25, -0.2) is 4.79 Å². The number of nitrogens with one attached hydrogen (secondary N) is 2. The Labute approximate surface area is 176 Å². The molecular formula is C22H30N4O4. The molecular weight excluding hydrogens is 384 g/mol. The fourth-order valence-corrected chi connectivity index (χ4v) is 2.94. The van der Waals surface area contributed by atoms with E-state index in [1.807, 2.05) is 30.3 Å². The molecule has 0 fully saturated rings. The van der Waals surface area contributed by atoms with Gasteiger partial charge in [0.1, 0.15) is 11.8 Å². The number of unbranched alkanes of at least 4 members (excludes halogenated alkanes) is 1. The van der Waals surface area contributed by atoms with Gasteiger partial charge in [0.05, 0.1) is 6.54 Å². The molecule has 0 aliphatic rings. The second kappa shape index (κ2) is 12.6. The summed E-state index contributed by atoms with van der Waals surface area (Å²) in [6, 6.07) is 12.3. The number of hydrogen-bond donors (Lipinski definition) is 4. The van der Waals surface area contributed by atoms with Crippen LogP contribution >= 0.6 is 0 Å². The van der Waals surface area contributed by atoms with Gasteiger partial charge in [0.2, 0.25) is 11.8 Å². The number of hydrogen-bond acceptors (Lipinski definition) is 6. The normalized spacial score (nSPS) is 11.7. The van der Waals surface area contributed by atoms with Crippen LogP contribution in [0.5, 0.6) is 5.75 Å². The van der Waals surface area contributed by atoms with Crippen molar-refractivity contribution in [2.75, 3.05) is 19.6 Å². The molecule has 0 radical (unpaired) electrons. The highest BCUT2D eigenvalue weighted by Crippen LogP contribution is 2.21. The van der Waals surface area contributed by atoms with Gasteiger partial charge in [0, 0.05) is 6.42 Å². The van der Waals surface area contributed by atoms with Crippen LogP contribution in [0.2, 0.25) is 0 Å². The van der Waals surface area contributed by atoms with Gasteiger partial charge in [-0.2, -0.15) is 0 Å². The van der Waals surface area contributed by atoms with Crippen molar-refractivity contribution < 1.29 is 19.1 Å². The summed E-state index contributed by atoms with van der Waals surface area (Å²) in [5.41, 5.74) is 10.9. The zero-order valence-corrected chi connectivity index (χ0v) is 17.1. The van der Waals surface area contributed by atoms with E-state index in [9.17, 15) is 14.4 Å². The Morgan fingerprint density at radius 3 is 2.37 bits per heavy atom. The highest BCUT2D eigenvalue weighted by molar-refractivity contribution is 5.89. The van der Waals surface area contributed by atoms with Crippen molar-refractivity contribution in [3.05, 3.63) is 42.5 Å². The Balaban J connectivity index is 1.96. The first-order valence-electron chi connectivity index (χ1n) is 10.2. The van der Waals surface area contributed by atoms with Crippen LogP contribution in [0.25, 0.3) is 10.8 Å². The molecule has 0 saturated carbocycles. The summed E-state index contributed by atoms with van der Waals surface area (Å²) in [6.07, 6.45) is 2.60. The van der Waals surface area contributed by atoms with Crippen LogP contribution < -0.4 is 26.8 Å². The van der Waals surface area contributed by atoms with Crippen LogP contribution in [0.3, 0.4) is 0 Å². The minimum atomic E-state index is -0.823. The zero-order chi connectivity index (χ0) is 21.8. The molecule has 0 aromatic heterocycles. The number of amides is 2. The second-order valence-corrected chi connectivity index (χ2v) is 7.00. The van der Waals surface area contributed by atoms with E-state index >= 15 is 0 Å². The van der Waals surface area contributed by atoms with Crippen LogP contribution in [0.4, 0.5) is 0 Å². The molecule has 162 valence electrons. The van der Waals surface area contributed by atoms with E-state index in [1.54, 1.807) is 12.1 Å². The standard InChI is InChI=1S/C22H30N4O4/c23-12-4-3-8-19(26-21(28)15-25-20(27)9-5-13-24)22(29)30-18-11-10-16-6-1-2-7-17(16)14-18/h1-2,6-7,10-11,14,19H,3-5,8-9,12-13,15,23-24H2,(H,25,27)(H,26,28). The molecule has 30 heavy (non-hydrogen) atoms. The number of esters is 1. The SMILES string of the molecule is NCCCCC(NC(=O)CNC(=O)CCCN)C(=O)Oc1ccc2ccccc2c1. The van der Waals surface area contributed by atoms with Gasteiger partial charge in [-0.1, -0.05) is 30.3 Å². The third-order valence-corrected chi connectivity index (χ3v) is 4.56. The molecule has 2 aromatic carbocycles. The molecule has 0 spiro atoms. The smallest absolute Gasteiger partial charge is 0.334 e. The van der Waals surface area contributed by atoms with Crippen LogP contribution in [0, 0.1) is 0 Å². The van der Waals surface area contributed by atoms with E-state index in [-0.39, 0.29) is 18.9 Å². The highest BCUT2D eigenvalue weighted by atomic mass is 16.5. The fraction of sp³-hybridized carbons (Fsp3) is 0.409. The van der Waals surface area contributed by atoms with E-state index in [2.05, 4.69) is 10.6 Å². The first-order chi connectivity index (χ1) is 14.5. The van der Waals surface area contributed by atoms with Crippen LogP contribution in [0.15, 0.2) is 42.5 Å². The molecule has 0 saturated heterocycles. The molecule has 2 amide bonds. The van der Waals surface area contributed by atoms with Crippen molar-refractivity contribution in [1.29, 1.82) is 0 Å². The molecule has 8 heteroatoms. The molecule has 2 rings (SSSR count). The molecule has 8 nitrogen and oxygen atoms in total. The van der Waals surface area contributed by atoms with Gasteiger partial charge in [-0.3, -0.25) is 9.59 Å². The maximum atomic E-state index is 12.7. The minimum absolute atomic E-state index is 0.208. The van der Waals surface area contributed by atoms with Crippen molar-refractivity contribution in [3.63, 3.8) is 0 Å². The molecule has 0 heterocycles. The van der Waals surface area contributed by atoms with Crippen LogP contribution in [-0.2, 0) is 14.4 Å². The van der Waals surface area contributed by atoms with E-state index in [1.165, 1.54) is 0 Å². The van der Waals surface area contributed by atoms with Crippen LogP contribution in [0.1, 0.15) is 32.1 Å². The lowest BCUT2D eigenvalue weighted by Crippen LogP contribution is -2.47. The summed E-state index contributed by atoms with van der Waals surface area (Å²) >= 11 is 0. The second-order valence-electron chi connectivity index (χ2n) is 7.00. The fourth-order valence-electron chi connectivity index (χ4n) is 2.94. The lowest BCUT2D eigenvalue weighted by Gasteiger charge is -2.18. The summed E-state index contributed by atoms with van der Waals surface area (Å²) in [5, 5.41) is 7.16. The van der Waals surface area contributed by atoms with Crippen molar-refractivity contribution in [2.24, 2.45) is 11.5 Å². The summed E-state index contributed by atoms with van der Waals surface area (Å²) in [5.74, 6) is -0.852. The average molecular weight is 415 g/mol. The van der Waals surface area contributed by atoms with Gasteiger partial charge in [0.25, 0.3) is 0 Å². The van der Waals surface area contributed by atoms with Crippen molar-refractivity contribution in [1.82, 2.24) is 10.6 Å². The Kier molecular flexibility index (Phi) is 9.76. The van der Waals surface area contributed by atoms with Gasteiger partial charge in [-0.15, -0.1) is 0 Å². The lowest BCUT2D eigenvalue weighted by molar-refractivity contribution is -0.139. The molecule has 0 aliphatic carbocycles. The number of ether oxygens (including phenoxy) is 1. The quantitative estimate of drug-likeness (QED) is 0.234. The first-order valence-corrected chi connectivity index (χ1v) is 10.2. The topological polar surface area (TPSA) is 137 Å². The van der Waals surface area contributed by atoms with E-state index in [0.29, 0.717) is 38.1 Å². The summed E-state index contributed by atoms with van der Waals surface area (Å²) in [7, 11) is 0. The van der Waals surface area contributed by atoms with Crippen molar-refractivity contribution in [2.45, 2.75) is 38.1 Å². The number of carbonyl (C=O) groups excluding carboxylic acids is 3. The number of carbonyl (C=O) groups is 3. The summed E-state index contributed by atoms with van der Waals surface area (Å²) in [4.78, 5) is 36.5. The minimum Gasteiger partial charge on any atom is -0.425 e. The Hall–Kier alpha value is -2.97. The monoisotopic (exact) mass is 414 g/mol. The summed E-state index contributed by atoms with van der Waals surface area (Å²) in [6.45, 7) is 0.696. The molecule has 0 aliphatic heterocycles. The summed E-state index contributed by atoms with van der Waals surface area (Å²) < 4.78 is 5.51. The van der Waals surface area contributed by atoms with E-state index < -0.39 is 17.9 Å². The van der Waals surface area contributed by atoms with E-state index in [0.717, 1.165) is 17.2 Å². The highest BCUT2D eigenvalue weighted by Gasteiger charge is 2.23. The molecule has 1 atom stereocenters. The predicted molar refractivity (Wildman–Crippen MR) is 116 cm³/mol. The first kappa shape index (κ1) is 23.3. The maximum Gasteiger partial charge on any atom is 0.334 e. The van der Waals surface area contributed by atoms with Gasteiger partial charge in [0.15, 0.2) is 0 Å². The Bertz CT molecular complexity index is 856. The third-order valence-electron chi connectivity index (χ3n) is 4.56. The number of nitrogens with two attached hydrogens (primary N) is 2. The Morgan fingerprint density at radius 2 is 1.63 bits per heavy atom. The largest absolute Gasteiger partial charge is 0.425 e. The van der Waals surface area contributed by atoms with Crippen molar-refractivity contribution in [3.8, 4) is 5.75 Å². The number of rotatable bonds is 12. The molecule has 0 bridgehead atoms. The van der Waals surface area contributed by atoms with Gasteiger partial charge in [-0.05, 0) is 61.7 Å². The molecule has 2 aromatic rings. The van der Waals surface area contributed by atoms with Gasteiger partial charge < -0.3 is 26.8 Å². The van der Waals surface area contributed by atoms with Crippen molar-refractivity contribution >= 4 is 28.6 Å². The lowest BCUT2D eigenvalue weighted by atomic mass is 10.1. The maximum absolute atomic E-state index is 12.7. The Morgan fingerprint density at radius 1 is 0.900 bits per heavy atom.